The standard InChI is InChI=1S/C20H27N3/c1-13-19(15-6-9-17(21)12-15)14(2)23(22-13)18-10-7-16(8-11-18)20(3,4)5/h6-11,15,17H,12,21H2,1-5H3/t15-,17-/m1/s1. The number of aryl methyl sites for hydroxylation is 1. The zero-order valence-electron chi connectivity index (χ0n) is 14.8. The Morgan fingerprint density at radius 2 is 1.74 bits per heavy atom. The van der Waals surface area contributed by atoms with Gasteiger partial charge in [-0.15, -0.1) is 0 Å². The monoisotopic (exact) mass is 309 g/mol. The minimum Gasteiger partial charge on any atom is -0.324 e. The van der Waals surface area contributed by atoms with Crippen LogP contribution in [0.15, 0.2) is 36.4 Å². The smallest absolute Gasteiger partial charge is 0.0649 e. The molecule has 0 spiro atoms. The van der Waals surface area contributed by atoms with Crippen LogP contribution in [0.1, 0.15) is 55.6 Å². The summed E-state index contributed by atoms with van der Waals surface area (Å²) in [4.78, 5) is 0. The molecule has 3 nitrogen and oxygen atoms in total. The van der Waals surface area contributed by atoms with Crippen molar-refractivity contribution in [3.05, 3.63) is 58.9 Å². The van der Waals surface area contributed by atoms with E-state index in [-0.39, 0.29) is 11.5 Å². The Morgan fingerprint density at radius 3 is 2.26 bits per heavy atom. The summed E-state index contributed by atoms with van der Waals surface area (Å²) in [5, 5.41) is 4.78. The van der Waals surface area contributed by atoms with Crippen LogP contribution in [0.4, 0.5) is 0 Å². The van der Waals surface area contributed by atoms with E-state index in [9.17, 15) is 0 Å². The topological polar surface area (TPSA) is 43.8 Å². The summed E-state index contributed by atoms with van der Waals surface area (Å²) in [6.45, 7) is 11.0. The molecule has 0 amide bonds. The lowest BCUT2D eigenvalue weighted by molar-refractivity contribution is 0.590. The highest BCUT2D eigenvalue weighted by Gasteiger charge is 2.24. The third-order valence-corrected chi connectivity index (χ3v) is 4.81. The lowest BCUT2D eigenvalue weighted by Crippen LogP contribution is -2.14. The molecule has 122 valence electrons. The summed E-state index contributed by atoms with van der Waals surface area (Å²) >= 11 is 0. The Bertz CT molecular complexity index is 729. The van der Waals surface area contributed by atoms with Crippen LogP contribution in [-0.4, -0.2) is 15.8 Å². The van der Waals surface area contributed by atoms with Gasteiger partial charge in [0.1, 0.15) is 0 Å². The zero-order valence-corrected chi connectivity index (χ0v) is 14.8. The highest BCUT2D eigenvalue weighted by atomic mass is 15.3. The van der Waals surface area contributed by atoms with Crippen LogP contribution in [-0.2, 0) is 5.41 Å². The predicted molar refractivity (Wildman–Crippen MR) is 96.2 cm³/mol. The fourth-order valence-electron chi connectivity index (χ4n) is 3.49. The maximum absolute atomic E-state index is 6.02. The molecule has 0 bridgehead atoms. The number of benzene rings is 1. The van der Waals surface area contributed by atoms with E-state index in [0.717, 1.165) is 17.8 Å². The highest BCUT2D eigenvalue weighted by Crippen LogP contribution is 2.33. The van der Waals surface area contributed by atoms with E-state index >= 15 is 0 Å². The van der Waals surface area contributed by atoms with Gasteiger partial charge in [0.15, 0.2) is 0 Å². The van der Waals surface area contributed by atoms with Crippen LogP contribution in [0.5, 0.6) is 0 Å². The molecular weight excluding hydrogens is 282 g/mol. The summed E-state index contributed by atoms with van der Waals surface area (Å²) in [5.41, 5.74) is 12.3. The summed E-state index contributed by atoms with van der Waals surface area (Å²) in [6, 6.07) is 8.92. The van der Waals surface area contributed by atoms with Crippen molar-refractivity contribution >= 4 is 0 Å². The largest absolute Gasteiger partial charge is 0.324 e. The summed E-state index contributed by atoms with van der Waals surface area (Å²) < 4.78 is 2.06. The van der Waals surface area contributed by atoms with Gasteiger partial charge in [-0.3, -0.25) is 0 Å². The quantitative estimate of drug-likeness (QED) is 0.847. The molecule has 2 N–H and O–H groups in total. The Morgan fingerprint density at radius 1 is 1.09 bits per heavy atom. The van der Waals surface area contributed by atoms with Gasteiger partial charge in [0.25, 0.3) is 0 Å². The summed E-state index contributed by atoms with van der Waals surface area (Å²) in [5.74, 6) is 0.396. The Kier molecular flexibility index (Phi) is 3.93. The van der Waals surface area contributed by atoms with Crippen molar-refractivity contribution in [3.8, 4) is 5.69 Å². The number of nitrogens with two attached hydrogens (primary N) is 1. The van der Waals surface area contributed by atoms with E-state index in [1.807, 2.05) is 0 Å². The second kappa shape index (κ2) is 5.64. The zero-order chi connectivity index (χ0) is 16.8. The van der Waals surface area contributed by atoms with Gasteiger partial charge in [-0.1, -0.05) is 45.1 Å². The second-order valence-electron chi connectivity index (χ2n) is 7.68. The molecule has 1 heterocycles. The number of allylic oxidation sites excluding steroid dienone is 1. The second-order valence-corrected chi connectivity index (χ2v) is 7.68. The van der Waals surface area contributed by atoms with Gasteiger partial charge in [-0.25, -0.2) is 4.68 Å². The molecule has 0 aliphatic heterocycles. The fraction of sp³-hybridized carbons (Fsp3) is 0.450. The molecule has 1 aliphatic rings. The molecule has 1 aromatic carbocycles. The van der Waals surface area contributed by atoms with Crippen LogP contribution >= 0.6 is 0 Å². The van der Waals surface area contributed by atoms with Gasteiger partial charge in [0.05, 0.1) is 11.4 Å². The van der Waals surface area contributed by atoms with Crippen molar-refractivity contribution in [1.82, 2.24) is 9.78 Å². The number of aromatic nitrogens is 2. The van der Waals surface area contributed by atoms with Crippen molar-refractivity contribution in [2.24, 2.45) is 5.73 Å². The molecule has 23 heavy (non-hydrogen) atoms. The van der Waals surface area contributed by atoms with Gasteiger partial charge >= 0.3 is 0 Å². The lowest BCUT2D eigenvalue weighted by Gasteiger charge is -2.19. The molecule has 3 heteroatoms. The van der Waals surface area contributed by atoms with Crippen LogP contribution in [0, 0.1) is 13.8 Å². The van der Waals surface area contributed by atoms with Gasteiger partial charge in [-0.2, -0.15) is 5.10 Å². The van der Waals surface area contributed by atoms with Crippen LogP contribution in [0.3, 0.4) is 0 Å². The third-order valence-electron chi connectivity index (χ3n) is 4.81. The van der Waals surface area contributed by atoms with Crippen molar-refractivity contribution in [2.75, 3.05) is 0 Å². The van der Waals surface area contributed by atoms with Crippen molar-refractivity contribution in [3.63, 3.8) is 0 Å². The SMILES string of the molecule is Cc1nn(-c2ccc(C(C)(C)C)cc2)c(C)c1[C@@H]1C=C[C@@H](N)C1. The highest BCUT2D eigenvalue weighted by molar-refractivity contribution is 5.42. The predicted octanol–water partition coefficient (Wildman–Crippen LogP) is 4.16. The van der Waals surface area contributed by atoms with E-state index in [4.69, 9.17) is 10.8 Å². The minimum atomic E-state index is 0.170. The first kappa shape index (κ1) is 16.0. The number of nitrogens with zero attached hydrogens (tertiary/aromatic N) is 2. The number of rotatable bonds is 2. The normalized spacial score (nSPS) is 21.1. The van der Waals surface area contributed by atoms with Crippen LogP contribution in [0.25, 0.3) is 5.69 Å². The molecule has 0 radical (unpaired) electrons. The molecule has 2 aromatic rings. The summed E-state index contributed by atoms with van der Waals surface area (Å²) in [7, 11) is 0. The van der Waals surface area contributed by atoms with Crippen molar-refractivity contribution in [2.45, 2.75) is 58.4 Å². The average molecular weight is 309 g/mol. The maximum Gasteiger partial charge on any atom is 0.0649 e. The van der Waals surface area contributed by atoms with E-state index in [2.05, 4.69) is 75.7 Å². The first-order chi connectivity index (χ1) is 10.8. The van der Waals surface area contributed by atoms with Crippen LogP contribution in [0.2, 0.25) is 0 Å². The fourth-order valence-corrected chi connectivity index (χ4v) is 3.49. The first-order valence-corrected chi connectivity index (χ1v) is 8.38. The molecule has 0 fully saturated rings. The molecule has 0 unspecified atom stereocenters. The number of hydrogen-bond acceptors (Lipinski definition) is 2. The first-order valence-electron chi connectivity index (χ1n) is 8.38. The minimum absolute atomic E-state index is 0.170. The van der Waals surface area contributed by atoms with E-state index in [1.165, 1.54) is 16.8 Å². The Hall–Kier alpha value is -1.87. The molecule has 3 rings (SSSR count). The third kappa shape index (κ3) is 2.98. The summed E-state index contributed by atoms with van der Waals surface area (Å²) in [6.07, 6.45) is 5.32. The van der Waals surface area contributed by atoms with E-state index in [0.29, 0.717) is 5.92 Å². The van der Waals surface area contributed by atoms with Gasteiger partial charge in [-0.05, 0) is 43.4 Å². The van der Waals surface area contributed by atoms with Crippen LogP contribution < -0.4 is 5.73 Å². The molecule has 1 aliphatic carbocycles. The molecule has 0 saturated carbocycles. The molecule has 0 saturated heterocycles. The molecular formula is C20H27N3. The average Bonchev–Trinajstić information content (AvgIpc) is 3.02. The molecule has 2 atom stereocenters. The van der Waals surface area contributed by atoms with Crippen molar-refractivity contribution < 1.29 is 0 Å². The van der Waals surface area contributed by atoms with Gasteiger partial charge < -0.3 is 5.73 Å². The van der Waals surface area contributed by atoms with E-state index in [1.54, 1.807) is 0 Å². The van der Waals surface area contributed by atoms with Gasteiger partial charge in [0, 0.05) is 23.2 Å². The van der Waals surface area contributed by atoms with Gasteiger partial charge in [0.2, 0.25) is 0 Å². The Labute approximate surface area is 139 Å². The van der Waals surface area contributed by atoms with E-state index < -0.39 is 0 Å². The lowest BCUT2D eigenvalue weighted by atomic mass is 9.87. The number of hydrogen-bond donors (Lipinski definition) is 1. The van der Waals surface area contributed by atoms with Crippen molar-refractivity contribution in [1.29, 1.82) is 0 Å². The Balaban J connectivity index is 1.97. The molecule has 1 aromatic heterocycles. The maximum atomic E-state index is 6.02.